The topological polar surface area (TPSA) is 63.4 Å². The average Bonchev–Trinajstić information content (AvgIpc) is 2.33. The zero-order chi connectivity index (χ0) is 12.4. The summed E-state index contributed by atoms with van der Waals surface area (Å²) in [4.78, 5) is 25.0. The van der Waals surface area contributed by atoms with Gasteiger partial charge in [0.15, 0.2) is 0 Å². The minimum atomic E-state index is -0.559. The molecule has 17 heavy (non-hydrogen) atoms. The smallest absolute Gasteiger partial charge is 0.246 e. The largest absolute Gasteiger partial charge is 0.320 e. The van der Waals surface area contributed by atoms with Crippen LogP contribution in [0.25, 0.3) is 0 Å². The van der Waals surface area contributed by atoms with E-state index in [1.165, 1.54) is 4.90 Å². The molecule has 0 bridgehead atoms. The van der Waals surface area contributed by atoms with Crippen LogP contribution in [0.5, 0.6) is 0 Å². The van der Waals surface area contributed by atoms with E-state index in [0.717, 1.165) is 5.56 Å². The van der Waals surface area contributed by atoms with Gasteiger partial charge in [-0.3, -0.25) is 14.5 Å². The number of imide groups is 1. The molecule has 4 nitrogen and oxygen atoms in total. The third-order valence-corrected chi connectivity index (χ3v) is 3.15. The number of carbonyl (C=O) groups is 2. The van der Waals surface area contributed by atoms with Crippen molar-refractivity contribution in [3.8, 4) is 0 Å². The van der Waals surface area contributed by atoms with Crippen LogP contribution in [0.15, 0.2) is 30.3 Å². The van der Waals surface area contributed by atoms with E-state index >= 15 is 0 Å². The van der Waals surface area contributed by atoms with Crippen molar-refractivity contribution in [2.24, 2.45) is 11.7 Å². The summed E-state index contributed by atoms with van der Waals surface area (Å²) in [6, 6.07) is 8.90. The van der Waals surface area contributed by atoms with Crippen LogP contribution in [0.2, 0.25) is 0 Å². The number of nitrogens with zero attached hydrogens (tertiary/aromatic N) is 1. The first-order valence-electron chi connectivity index (χ1n) is 5.73. The number of amides is 2. The van der Waals surface area contributed by atoms with Gasteiger partial charge in [0.05, 0.1) is 12.6 Å². The number of carbonyl (C=O) groups excluding carboxylic acids is 2. The minimum absolute atomic E-state index is 0.0676. The zero-order valence-electron chi connectivity index (χ0n) is 9.80. The summed E-state index contributed by atoms with van der Waals surface area (Å²) in [7, 11) is 0. The molecule has 4 heteroatoms. The fourth-order valence-corrected chi connectivity index (χ4v) is 1.99. The van der Waals surface area contributed by atoms with Crippen LogP contribution in [-0.2, 0) is 16.1 Å². The summed E-state index contributed by atoms with van der Waals surface area (Å²) in [6.45, 7) is 2.15. The number of benzene rings is 1. The summed E-state index contributed by atoms with van der Waals surface area (Å²) in [5, 5.41) is 0. The Kier molecular flexibility index (Phi) is 3.24. The van der Waals surface area contributed by atoms with Crippen LogP contribution in [-0.4, -0.2) is 22.8 Å². The molecule has 1 fully saturated rings. The first-order chi connectivity index (χ1) is 8.09. The first kappa shape index (κ1) is 11.8. The van der Waals surface area contributed by atoms with Gasteiger partial charge < -0.3 is 5.73 Å². The second-order valence-electron chi connectivity index (χ2n) is 4.51. The predicted octanol–water partition coefficient (Wildman–Crippen LogP) is 0.909. The number of piperidine rings is 1. The highest BCUT2D eigenvalue weighted by Gasteiger charge is 2.36. The second kappa shape index (κ2) is 4.67. The molecule has 1 aliphatic rings. The van der Waals surface area contributed by atoms with Gasteiger partial charge in [-0.1, -0.05) is 37.3 Å². The van der Waals surface area contributed by atoms with E-state index in [-0.39, 0.29) is 17.7 Å². The van der Waals surface area contributed by atoms with E-state index < -0.39 is 6.04 Å². The van der Waals surface area contributed by atoms with E-state index in [4.69, 9.17) is 5.73 Å². The van der Waals surface area contributed by atoms with Crippen molar-refractivity contribution < 1.29 is 9.59 Å². The Bertz CT molecular complexity index is 430. The predicted molar refractivity (Wildman–Crippen MR) is 63.8 cm³/mol. The van der Waals surface area contributed by atoms with Gasteiger partial charge in [0.2, 0.25) is 11.8 Å². The van der Waals surface area contributed by atoms with Crippen LogP contribution in [0, 0.1) is 5.92 Å². The lowest BCUT2D eigenvalue weighted by Gasteiger charge is -2.32. The molecule has 1 heterocycles. The van der Waals surface area contributed by atoms with Crippen LogP contribution < -0.4 is 5.73 Å². The van der Waals surface area contributed by atoms with Gasteiger partial charge in [-0.2, -0.15) is 0 Å². The van der Waals surface area contributed by atoms with E-state index in [2.05, 4.69) is 0 Å². The monoisotopic (exact) mass is 232 g/mol. The average molecular weight is 232 g/mol. The molecule has 1 aromatic rings. The summed E-state index contributed by atoms with van der Waals surface area (Å²) in [5.74, 6) is -0.465. The molecule has 0 radical (unpaired) electrons. The van der Waals surface area contributed by atoms with Gasteiger partial charge in [-0.05, 0) is 11.5 Å². The molecule has 1 aliphatic heterocycles. The fourth-order valence-electron chi connectivity index (χ4n) is 1.99. The van der Waals surface area contributed by atoms with E-state index in [0.29, 0.717) is 13.0 Å². The number of hydrogen-bond donors (Lipinski definition) is 1. The Balaban J connectivity index is 2.15. The summed E-state index contributed by atoms with van der Waals surface area (Å²) < 4.78 is 0. The maximum atomic E-state index is 11.9. The lowest BCUT2D eigenvalue weighted by Crippen LogP contribution is -2.54. The molecule has 1 aromatic carbocycles. The van der Waals surface area contributed by atoms with Gasteiger partial charge >= 0.3 is 0 Å². The molecule has 0 aromatic heterocycles. The Hall–Kier alpha value is -1.68. The Morgan fingerprint density at radius 3 is 2.59 bits per heavy atom. The lowest BCUT2D eigenvalue weighted by molar-refractivity contribution is -0.151. The van der Waals surface area contributed by atoms with Crippen molar-refractivity contribution in [1.82, 2.24) is 4.90 Å². The zero-order valence-corrected chi connectivity index (χ0v) is 9.80. The molecule has 0 saturated carbocycles. The van der Waals surface area contributed by atoms with Gasteiger partial charge in [0, 0.05) is 6.42 Å². The Morgan fingerprint density at radius 2 is 1.94 bits per heavy atom. The molecule has 2 amide bonds. The Labute approximate surface area is 100 Å². The normalized spacial score (nSPS) is 25.2. The number of rotatable bonds is 2. The summed E-state index contributed by atoms with van der Waals surface area (Å²) in [5.41, 5.74) is 6.73. The van der Waals surface area contributed by atoms with E-state index in [9.17, 15) is 9.59 Å². The van der Waals surface area contributed by atoms with Gasteiger partial charge in [0.1, 0.15) is 0 Å². The van der Waals surface area contributed by atoms with Crippen molar-refractivity contribution >= 4 is 11.8 Å². The van der Waals surface area contributed by atoms with Crippen LogP contribution in [0.4, 0.5) is 0 Å². The van der Waals surface area contributed by atoms with Crippen molar-refractivity contribution in [2.45, 2.75) is 25.9 Å². The summed E-state index contributed by atoms with van der Waals surface area (Å²) >= 11 is 0. The van der Waals surface area contributed by atoms with E-state index in [1.54, 1.807) is 0 Å². The molecule has 0 aliphatic carbocycles. The highest BCUT2D eigenvalue weighted by molar-refractivity contribution is 6.00. The molecule has 2 rings (SSSR count). The number of nitrogens with two attached hydrogens (primary N) is 1. The molecule has 1 saturated heterocycles. The van der Waals surface area contributed by atoms with Crippen LogP contribution in [0.3, 0.4) is 0 Å². The maximum Gasteiger partial charge on any atom is 0.246 e. The van der Waals surface area contributed by atoms with Crippen LogP contribution in [0.1, 0.15) is 18.9 Å². The molecule has 90 valence electrons. The number of hydrogen-bond acceptors (Lipinski definition) is 3. The van der Waals surface area contributed by atoms with Crippen molar-refractivity contribution in [3.05, 3.63) is 35.9 Å². The molecular formula is C13H16N2O2. The maximum absolute atomic E-state index is 11.9. The molecular weight excluding hydrogens is 216 g/mol. The molecule has 2 atom stereocenters. The number of likely N-dealkylation sites (tertiary alicyclic amines) is 1. The van der Waals surface area contributed by atoms with Crippen molar-refractivity contribution in [2.75, 3.05) is 0 Å². The third-order valence-electron chi connectivity index (χ3n) is 3.15. The third kappa shape index (κ3) is 2.36. The highest BCUT2D eigenvalue weighted by atomic mass is 16.2. The molecule has 2 unspecified atom stereocenters. The van der Waals surface area contributed by atoms with Gasteiger partial charge in [0.25, 0.3) is 0 Å². The Morgan fingerprint density at radius 1 is 1.29 bits per heavy atom. The van der Waals surface area contributed by atoms with Crippen molar-refractivity contribution in [3.63, 3.8) is 0 Å². The fraction of sp³-hybridized carbons (Fsp3) is 0.385. The van der Waals surface area contributed by atoms with Gasteiger partial charge in [-0.25, -0.2) is 0 Å². The lowest BCUT2D eigenvalue weighted by atomic mass is 9.92. The quantitative estimate of drug-likeness (QED) is 0.771. The standard InChI is InChI=1S/C13H16N2O2/c1-9-7-11(16)15(13(17)12(9)14)8-10-5-3-2-4-6-10/h2-6,9,12H,7-8,14H2,1H3. The van der Waals surface area contributed by atoms with E-state index in [1.807, 2.05) is 37.3 Å². The van der Waals surface area contributed by atoms with Crippen LogP contribution >= 0.6 is 0 Å². The van der Waals surface area contributed by atoms with Crippen molar-refractivity contribution in [1.29, 1.82) is 0 Å². The highest BCUT2D eigenvalue weighted by Crippen LogP contribution is 2.20. The first-order valence-corrected chi connectivity index (χ1v) is 5.73. The van der Waals surface area contributed by atoms with Gasteiger partial charge in [-0.15, -0.1) is 0 Å². The SMILES string of the molecule is CC1CC(=O)N(Cc2ccccc2)C(=O)C1N. The minimum Gasteiger partial charge on any atom is -0.320 e. The molecule has 2 N–H and O–H groups in total. The molecule has 0 spiro atoms. The summed E-state index contributed by atoms with van der Waals surface area (Å²) in [6.07, 6.45) is 0.347. The second-order valence-corrected chi connectivity index (χ2v) is 4.51.